The minimum atomic E-state index is -3.48. The summed E-state index contributed by atoms with van der Waals surface area (Å²) in [4.78, 5) is 0. The fourth-order valence-electron chi connectivity index (χ4n) is 1.66. The molecule has 0 fully saturated rings. The first kappa shape index (κ1) is 14.7. The maximum absolute atomic E-state index is 12.1. The minimum Gasteiger partial charge on any atom is -0.281 e. The van der Waals surface area contributed by atoms with Crippen molar-refractivity contribution in [3.05, 3.63) is 30.6 Å². The van der Waals surface area contributed by atoms with E-state index in [1.54, 1.807) is 31.2 Å². The van der Waals surface area contributed by atoms with Crippen LogP contribution in [0.2, 0.25) is 0 Å². The zero-order valence-corrected chi connectivity index (χ0v) is 12.3. The fraction of sp³-hybridized carbons (Fsp3) is 0.364. The van der Waals surface area contributed by atoms with E-state index in [0.717, 1.165) is 0 Å². The van der Waals surface area contributed by atoms with Gasteiger partial charge < -0.3 is 0 Å². The highest BCUT2D eigenvalue weighted by molar-refractivity contribution is 7.92. The number of anilines is 1. The molecule has 0 saturated carbocycles. The van der Waals surface area contributed by atoms with Crippen LogP contribution in [0.25, 0.3) is 5.69 Å². The van der Waals surface area contributed by atoms with E-state index in [0.29, 0.717) is 11.4 Å². The molecule has 2 rings (SSSR count). The van der Waals surface area contributed by atoms with Crippen LogP contribution in [0.3, 0.4) is 0 Å². The maximum Gasteiger partial charge on any atom is 0.233 e. The number of sulfonamides is 1. The Hall–Kier alpha value is -1.67. The van der Waals surface area contributed by atoms with E-state index in [4.69, 9.17) is 11.6 Å². The van der Waals surface area contributed by atoms with E-state index >= 15 is 0 Å². The summed E-state index contributed by atoms with van der Waals surface area (Å²) in [5.74, 6) is 0.116. The van der Waals surface area contributed by atoms with Crippen molar-refractivity contribution in [3.63, 3.8) is 0 Å². The number of benzene rings is 1. The van der Waals surface area contributed by atoms with E-state index in [2.05, 4.69) is 20.2 Å². The first-order valence-corrected chi connectivity index (χ1v) is 8.09. The Morgan fingerprint density at radius 1 is 1.40 bits per heavy atom. The summed E-state index contributed by atoms with van der Waals surface area (Å²) in [5.41, 5.74) is 0.973. The number of alkyl halides is 1. The largest absolute Gasteiger partial charge is 0.281 e. The quantitative estimate of drug-likeness (QED) is 0.811. The molecule has 1 unspecified atom stereocenters. The molecule has 1 atom stereocenters. The number of halogens is 1. The van der Waals surface area contributed by atoms with Crippen LogP contribution in [0.15, 0.2) is 30.6 Å². The molecule has 9 heteroatoms. The monoisotopic (exact) mass is 315 g/mol. The summed E-state index contributed by atoms with van der Waals surface area (Å²) < 4.78 is 28.1. The second kappa shape index (κ2) is 6.19. The van der Waals surface area contributed by atoms with Gasteiger partial charge in [-0.25, -0.2) is 8.42 Å². The van der Waals surface area contributed by atoms with Crippen LogP contribution in [-0.4, -0.2) is 40.3 Å². The second-order valence-electron chi connectivity index (χ2n) is 4.41. The molecular formula is C11H14ClN5O2S. The minimum absolute atomic E-state index is 0.0412. The molecule has 7 nitrogen and oxygen atoms in total. The number of hydrogen-bond donors (Lipinski definition) is 1. The van der Waals surface area contributed by atoms with Crippen LogP contribution in [-0.2, 0) is 10.0 Å². The summed E-state index contributed by atoms with van der Waals surface area (Å²) in [5, 5.41) is 10.8. The third kappa shape index (κ3) is 3.67. The van der Waals surface area contributed by atoms with Gasteiger partial charge in [-0.1, -0.05) is 19.1 Å². The van der Waals surface area contributed by atoms with Gasteiger partial charge in [0.05, 0.1) is 17.1 Å². The Balaban J connectivity index is 2.26. The topological polar surface area (TPSA) is 89.8 Å². The van der Waals surface area contributed by atoms with Crippen molar-refractivity contribution in [2.45, 2.75) is 6.92 Å². The van der Waals surface area contributed by atoms with Crippen molar-refractivity contribution in [1.82, 2.24) is 20.2 Å². The van der Waals surface area contributed by atoms with Crippen LogP contribution in [0.4, 0.5) is 5.69 Å². The van der Waals surface area contributed by atoms with Crippen molar-refractivity contribution >= 4 is 27.3 Å². The molecule has 2 aromatic rings. The van der Waals surface area contributed by atoms with Gasteiger partial charge in [-0.3, -0.25) is 4.72 Å². The highest BCUT2D eigenvalue weighted by Gasteiger charge is 2.17. The molecule has 0 bridgehead atoms. The molecule has 0 spiro atoms. The molecular weight excluding hydrogens is 302 g/mol. The molecule has 1 aromatic heterocycles. The van der Waals surface area contributed by atoms with Crippen LogP contribution in [0, 0.1) is 5.92 Å². The molecule has 1 heterocycles. The molecule has 1 N–H and O–H groups in total. The lowest BCUT2D eigenvalue weighted by molar-refractivity contribution is 0.588. The predicted octanol–water partition coefficient (Wildman–Crippen LogP) is 1.28. The molecule has 108 valence electrons. The van der Waals surface area contributed by atoms with Gasteiger partial charge in [0.1, 0.15) is 6.33 Å². The third-order valence-electron chi connectivity index (χ3n) is 2.53. The lowest BCUT2D eigenvalue weighted by Crippen LogP contribution is -2.22. The Kier molecular flexibility index (Phi) is 4.56. The molecule has 0 radical (unpaired) electrons. The summed E-state index contributed by atoms with van der Waals surface area (Å²) in [6.45, 7) is 1.78. The van der Waals surface area contributed by atoms with Crippen LogP contribution in [0.1, 0.15) is 6.92 Å². The van der Waals surface area contributed by atoms with Crippen LogP contribution in [0.5, 0.6) is 0 Å². The average molecular weight is 316 g/mol. The van der Waals surface area contributed by atoms with Crippen LogP contribution >= 0.6 is 11.6 Å². The summed E-state index contributed by atoms with van der Waals surface area (Å²) >= 11 is 5.65. The smallest absolute Gasteiger partial charge is 0.233 e. The predicted molar refractivity (Wildman–Crippen MR) is 76.4 cm³/mol. The van der Waals surface area contributed by atoms with Crippen LogP contribution < -0.4 is 4.72 Å². The Morgan fingerprint density at radius 3 is 2.80 bits per heavy atom. The van der Waals surface area contributed by atoms with Gasteiger partial charge >= 0.3 is 0 Å². The molecule has 20 heavy (non-hydrogen) atoms. The molecule has 1 aromatic carbocycles. The molecule has 0 aliphatic rings. The van der Waals surface area contributed by atoms with Crippen molar-refractivity contribution in [2.24, 2.45) is 5.92 Å². The number of nitrogens with one attached hydrogen (secondary N) is 1. The molecule has 0 aliphatic heterocycles. The van der Waals surface area contributed by atoms with E-state index in [-0.39, 0.29) is 17.6 Å². The summed E-state index contributed by atoms with van der Waals surface area (Å²) in [7, 11) is -3.48. The first-order chi connectivity index (χ1) is 9.52. The normalized spacial score (nSPS) is 13.1. The standard InChI is InChI=1S/C11H14ClN5O2S/c1-9(6-12)7-20(18,19)14-10-4-2-3-5-11(10)17-8-13-15-16-17/h2-5,8-9,14H,6-7H2,1H3. The zero-order chi connectivity index (χ0) is 14.6. The highest BCUT2D eigenvalue weighted by atomic mass is 35.5. The molecule has 0 saturated heterocycles. The van der Waals surface area contributed by atoms with Crippen molar-refractivity contribution < 1.29 is 8.42 Å². The average Bonchev–Trinajstić information content (AvgIpc) is 2.92. The second-order valence-corrected chi connectivity index (χ2v) is 6.49. The van der Waals surface area contributed by atoms with E-state index < -0.39 is 10.0 Å². The van der Waals surface area contributed by atoms with Crippen molar-refractivity contribution in [1.29, 1.82) is 0 Å². The lowest BCUT2D eigenvalue weighted by atomic mass is 10.3. The fourth-order valence-corrected chi connectivity index (χ4v) is 3.36. The highest BCUT2D eigenvalue weighted by Crippen LogP contribution is 2.20. The number of aromatic nitrogens is 4. The van der Waals surface area contributed by atoms with Gasteiger partial charge in [0.25, 0.3) is 0 Å². The Morgan fingerprint density at radius 2 is 2.15 bits per heavy atom. The summed E-state index contributed by atoms with van der Waals surface area (Å²) in [6.07, 6.45) is 1.40. The van der Waals surface area contributed by atoms with E-state index in [9.17, 15) is 8.42 Å². The van der Waals surface area contributed by atoms with Gasteiger partial charge in [-0.05, 0) is 28.5 Å². The Labute approximate surface area is 122 Å². The van der Waals surface area contributed by atoms with Gasteiger partial charge in [0.15, 0.2) is 0 Å². The number of hydrogen-bond acceptors (Lipinski definition) is 5. The van der Waals surface area contributed by atoms with Gasteiger partial charge in [-0.15, -0.1) is 16.7 Å². The van der Waals surface area contributed by atoms with Crippen molar-refractivity contribution in [3.8, 4) is 5.69 Å². The van der Waals surface area contributed by atoms with Gasteiger partial charge in [0.2, 0.25) is 10.0 Å². The van der Waals surface area contributed by atoms with Gasteiger partial charge in [-0.2, -0.15) is 4.68 Å². The molecule has 0 amide bonds. The van der Waals surface area contributed by atoms with Crippen molar-refractivity contribution in [2.75, 3.05) is 16.4 Å². The summed E-state index contributed by atoms with van der Waals surface area (Å²) in [6, 6.07) is 6.88. The third-order valence-corrected chi connectivity index (χ3v) is 4.60. The molecule has 0 aliphatic carbocycles. The SMILES string of the molecule is CC(CCl)CS(=O)(=O)Nc1ccccc1-n1cnnn1. The van der Waals surface area contributed by atoms with E-state index in [1.807, 2.05) is 0 Å². The number of para-hydroxylation sites is 2. The Bertz CT molecular complexity index is 659. The number of nitrogens with zero attached hydrogens (tertiary/aromatic N) is 4. The zero-order valence-electron chi connectivity index (χ0n) is 10.8. The van der Waals surface area contributed by atoms with E-state index in [1.165, 1.54) is 11.0 Å². The number of tetrazole rings is 1. The number of rotatable bonds is 6. The van der Waals surface area contributed by atoms with Gasteiger partial charge in [0, 0.05) is 5.88 Å². The first-order valence-electron chi connectivity index (χ1n) is 5.90. The maximum atomic E-state index is 12.1. The lowest BCUT2D eigenvalue weighted by Gasteiger charge is -2.13.